The fraction of sp³-hybridized carbons (Fsp3) is 0.800. The Kier molecular flexibility index (Phi) is 4.74. The monoisotopic (exact) mass is 217 g/mol. The van der Waals surface area contributed by atoms with Crippen LogP contribution >= 0.6 is 0 Å². The number of hydrogen-bond acceptors (Lipinski definition) is 3. The second-order valence-electron chi connectivity index (χ2n) is 4.25. The van der Waals surface area contributed by atoms with Gasteiger partial charge in [-0.25, -0.2) is 4.79 Å². The number of carbonyl (C=O) groups excluding carboxylic acids is 1. The first-order valence-corrected chi connectivity index (χ1v) is 4.81. The lowest BCUT2D eigenvalue weighted by Crippen LogP contribution is -2.52. The van der Waals surface area contributed by atoms with Gasteiger partial charge in [-0.15, -0.1) is 0 Å². The van der Waals surface area contributed by atoms with Crippen LogP contribution in [0.1, 0.15) is 27.7 Å². The van der Waals surface area contributed by atoms with Crippen LogP contribution in [0.15, 0.2) is 0 Å². The van der Waals surface area contributed by atoms with E-state index in [2.05, 4.69) is 5.32 Å². The average molecular weight is 217 g/mol. The Hall–Kier alpha value is -1.10. The molecular weight excluding hydrogens is 198 g/mol. The highest BCUT2D eigenvalue weighted by atomic mass is 16.5. The van der Waals surface area contributed by atoms with Gasteiger partial charge < -0.3 is 15.2 Å². The highest BCUT2D eigenvalue weighted by Gasteiger charge is 2.32. The molecule has 0 aliphatic rings. The van der Waals surface area contributed by atoms with E-state index in [1.54, 1.807) is 27.7 Å². The van der Waals surface area contributed by atoms with Gasteiger partial charge >= 0.3 is 5.97 Å². The third kappa shape index (κ3) is 3.87. The minimum absolute atomic E-state index is 0.167. The van der Waals surface area contributed by atoms with Gasteiger partial charge in [-0.2, -0.15) is 0 Å². The maximum absolute atomic E-state index is 11.6. The third-order valence-corrected chi connectivity index (χ3v) is 2.28. The average Bonchev–Trinajstić information content (AvgIpc) is 2.12. The Balaban J connectivity index is 4.57. The molecule has 1 atom stereocenters. The van der Waals surface area contributed by atoms with Crippen LogP contribution in [-0.2, 0) is 14.3 Å². The van der Waals surface area contributed by atoms with E-state index in [4.69, 9.17) is 9.84 Å². The van der Waals surface area contributed by atoms with Crippen molar-refractivity contribution in [3.8, 4) is 0 Å². The third-order valence-electron chi connectivity index (χ3n) is 2.28. The minimum Gasteiger partial charge on any atom is -0.480 e. The number of amides is 1. The molecule has 0 aromatic rings. The molecule has 5 nitrogen and oxygen atoms in total. The highest BCUT2D eigenvalue weighted by Crippen LogP contribution is 2.10. The van der Waals surface area contributed by atoms with Gasteiger partial charge in [-0.05, 0) is 19.8 Å². The lowest BCUT2D eigenvalue weighted by molar-refractivity contribution is -0.148. The van der Waals surface area contributed by atoms with Gasteiger partial charge in [0.1, 0.15) is 11.6 Å². The molecule has 1 unspecified atom stereocenters. The summed E-state index contributed by atoms with van der Waals surface area (Å²) < 4.78 is 4.95. The van der Waals surface area contributed by atoms with Gasteiger partial charge in [0.25, 0.3) is 5.91 Å². The first kappa shape index (κ1) is 13.9. The maximum atomic E-state index is 11.6. The first-order chi connectivity index (χ1) is 6.72. The largest absolute Gasteiger partial charge is 0.480 e. The summed E-state index contributed by atoms with van der Waals surface area (Å²) in [6.45, 7) is 6.64. The van der Waals surface area contributed by atoms with Crippen molar-refractivity contribution < 1.29 is 19.4 Å². The molecular formula is C10H19NO4. The summed E-state index contributed by atoms with van der Waals surface area (Å²) in [7, 11) is 1.41. The predicted octanol–water partition coefficient (Wildman–Crippen LogP) is 0.637. The highest BCUT2D eigenvalue weighted by molar-refractivity contribution is 5.88. The van der Waals surface area contributed by atoms with Crippen molar-refractivity contribution in [1.29, 1.82) is 0 Å². The quantitative estimate of drug-likeness (QED) is 0.708. The van der Waals surface area contributed by atoms with E-state index in [0.717, 1.165) is 0 Å². The van der Waals surface area contributed by atoms with E-state index in [0.29, 0.717) is 0 Å². The Morgan fingerprint density at radius 1 is 1.33 bits per heavy atom. The summed E-state index contributed by atoms with van der Waals surface area (Å²) in [5.74, 6) is -1.63. The number of carbonyl (C=O) groups is 2. The van der Waals surface area contributed by atoms with Crippen molar-refractivity contribution in [3.63, 3.8) is 0 Å². The number of hydrogen-bond donors (Lipinski definition) is 2. The molecule has 0 aromatic heterocycles. The van der Waals surface area contributed by atoms with Gasteiger partial charge in [0.15, 0.2) is 0 Å². The first-order valence-electron chi connectivity index (χ1n) is 4.81. The van der Waals surface area contributed by atoms with Crippen LogP contribution in [0, 0.1) is 5.92 Å². The lowest BCUT2D eigenvalue weighted by Gasteiger charge is -2.25. The number of nitrogens with one attached hydrogen (secondary N) is 1. The van der Waals surface area contributed by atoms with Crippen molar-refractivity contribution >= 4 is 11.9 Å². The van der Waals surface area contributed by atoms with E-state index in [-0.39, 0.29) is 5.92 Å². The van der Waals surface area contributed by atoms with Gasteiger partial charge in [-0.3, -0.25) is 4.79 Å². The van der Waals surface area contributed by atoms with Crippen molar-refractivity contribution in [2.45, 2.75) is 39.3 Å². The summed E-state index contributed by atoms with van der Waals surface area (Å²) in [4.78, 5) is 22.5. The van der Waals surface area contributed by atoms with Gasteiger partial charge in [0, 0.05) is 7.11 Å². The molecule has 0 fully saturated rings. The zero-order chi connectivity index (χ0) is 12.2. The molecule has 0 aromatic carbocycles. The normalized spacial score (nSPS) is 13.7. The lowest BCUT2D eigenvalue weighted by atomic mass is 10.0. The summed E-state index contributed by atoms with van der Waals surface area (Å²) in [5.41, 5.74) is -1.01. The molecule has 0 bridgehead atoms. The van der Waals surface area contributed by atoms with E-state index >= 15 is 0 Å². The van der Waals surface area contributed by atoms with E-state index in [1.165, 1.54) is 7.11 Å². The van der Waals surface area contributed by atoms with Crippen LogP contribution in [0.3, 0.4) is 0 Å². The molecule has 0 radical (unpaired) electrons. The Labute approximate surface area is 89.8 Å². The van der Waals surface area contributed by atoms with Crippen molar-refractivity contribution in [1.82, 2.24) is 5.32 Å². The number of rotatable bonds is 5. The van der Waals surface area contributed by atoms with Crippen LogP contribution in [-0.4, -0.2) is 35.7 Å². The Morgan fingerprint density at radius 3 is 2.07 bits per heavy atom. The van der Waals surface area contributed by atoms with Crippen LogP contribution in [0.4, 0.5) is 0 Å². The topological polar surface area (TPSA) is 75.6 Å². The number of aliphatic carboxylic acids is 1. The van der Waals surface area contributed by atoms with E-state index in [9.17, 15) is 9.59 Å². The molecule has 0 saturated heterocycles. The molecule has 0 spiro atoms. The molecule has 15 heavy (non-hydrogen) atoms. The van der Waals surface area contributed by atoms with Crippen molar-refractivity contribution in [3.05, 3.63) is 0 Å². The van der Waals surface area contributed by atoms with Crippen LogP contribution in [0.25, 0.3) is 0 Å². The Morgan fingerprint density at radius 2 is 1.80 bits per heavy atom. The second kappa shape index (κ2) is 5.11. The molecule has 2 N–H and O–H groups in total. The second-order valence-corrected chi connectivity index (χ2v) is 4.25. The fourth-order valence-electron chi connectivity index (χ4n) is 0.921. The van der Waals surface area contributed by atoms with Crippen LogP contribution in [0.2, 0.25) is 0 Å². The maximum Gasteiger partial charge on any atom is 0.326 e. The van der Waals surface area contributed by atoms with Crippen molar-refractivity contribution in [2.75, 3.05) is 7.11 Å². The fourth-order valence-corrected chi connectivity index (χ4v) is 0.921. The SMILES string of the molecule is COC(C)(C)C(=O)NC(C(=O)O)C(C)C. The standard InChI is InChI=1S/C10H19NO4/c1-6(2)7(8(12)13)11-9(14)10(3,4)15-5/h6-7H,1-5H3,(H,11,14)(H,12,13). The zero-order valence-electron chi connectivity index (χ0n) is 9.83. The molecule has 0 aliphatic carbocycles. The zero-order valence-corrected chi connectivity index (χ0v) is 9.83. The predicted molar refractivity (Wildman–Crippen MR) is 55.5 cm³/mol. The number of methoxy groups -OCH3 is 1. The molecule has 0 saturated carbocycles. The minimum atomic E-state index is -1.04. The summed E-state index contributed by atoms with van der Waals surface area (Å²) in [6, 6.07) is -0.882. The van der Waals surface area contributed by atoms with E-state index in [1.807, 2.05) is 0 Å². The smallest absolute Gasteiger partial charge is 0.326 e. The molecule has 0 rings (SSSR count). The van der Waals surface area contributed by atoms with E-state index < -0.39 is 23.5 Å². The number of carboxylic acids is 1. The van der Waals surface area contributed by atoms with Gasteiger partial charge in [0.05, 0.1) is 0 Å². The van der Waals surface area contributed by atoms with Crippen molar-refractivity contribution in [2.24, 2.45) is 5.92 Å². The number of carboxylic acid groups (broad SMARTS) is 1. The number of ether oxygens (including phenoxy) is 1. The molecule has 0 aliphatic heterocycles. The Bertz CT molecular complexity index is 248. The van der Waals surface area contributed by atoms with Crippen LogP contribution < -0.4 is 5.32 Å². The molecule has 5 heteroatoms. The summed E-state index contributed by atoms with van der Waals surface area (Å²) in [5, 5.41) is 11.3. The van der Waals surface area contributed by atoms with Gasteiger partial charge in [-0.1, -0.05) is 13.8 Å². The summed E-state index contributed by atoms with van der Waals surface area (Å²) >= 11 is 0. The molecule has 88 valence electrons. The molecule has 0 heterocycles. The summed E-state index contributed by atoms with van der Waals surface area (Å²) in [6.07, 6.45) is 0. The molecule has 1 amide bonds. The van der Waals surface area contributed by atoms with Gasteiger partial charge in [0.2, 0.25) is 0 Å². The van der Waals surface area contributed by atoms with Crippen LogP contribution in [0.5, 0.6) is 0 Å².